The molecule has 1 N–H and O–H groups in total. The Morgan fingerprint density at radius 1 is 0.885 bits per heavy atom. The quantitative estimate of drug-likeness (QED) is 0.799. The van der Waals surface area contributed by atoms with Gasteiger partial charge in [0.1, 0.15) is 0 Å². The van der Waals surface area contributed by atoms with E-state index in [2.05, 4.69) is 10.2 Å². The molecule has 0 aromatic heterocycles. The first-order chi connectivity index (χ1) is 12.4. The molecule has 0 spiro atoms. The van der Waals surface area contributed by atoms with Crippen molar-refractivity contribution in [2.24, 2.45) is 0 Å². The highest BCUT2D eigenvalue weighted by molar-refractivity contribution is 6.05. The summed E-state index contributed by atoms with van der Waals surface area (Å²) in [6, 6.07) is 12.1. The van der Waals surface area contributed by atoms with Crippen LogP contribution in [-0.2, 0) is 6.18 Å². The van der Waals surface area contributed by atoms with E-state index in [0.717, 1.165) is 37.7 Å². The van der Waals surface area contributed by atoms with Crippen LogP contribution in [0, 0.1) is 0 Å². The van der Waals surface area contributed by atoms with Gasteiger partial charge in [-0.3, -0.25) is 4.79 Å². The molecule has 2 aromatic rings. The van der Waals surface area contributed by atoms with Crippen molar-refractivity contribution < 1.29 is 18.0 Å². The second kappa shape index (κ2) is 7.81. The van der Waals surface area contributed by atoms with Gasteiger partial charge >= 0.3 is 6.18 Å². The van der Waals surface area contributed by atoms with Crippen LogP contribution in [-0.4, -0.2) is 19.0 Å². The van der Waals surface area contributed by atoms with Crippen LogP contribution in [0.1, 0.15) is 41.6 Å². The number of halogens is 3. The maximum atomic E-state index is 13.1. The van der Waals surface area contributed by atoms with Crippen molar-refractivity contribution in [3.8, 4) is 0 Å². The fourth-order valence-corrected chi connectivity index (χ4v) is 3.21. The number of alkyl halides is 3. The summed E-state index contributed by atoms with van der Waals surface area (Å²) in [4.78, 5) is 14.6. The molecule has 1 heterocycles. The molecule has 1 aliphatic heterocycles. The summed E-state index contributed by atoms with van der Waals surface area (Å²) >= 11 is 0. The number of nitrogens with zero attached hydrogens (tertiary/aromatic N) is 1. The van der Waals surface area contributed by atoms with Crippen LogP contribution in [0.25, 0.3) is 0 Å². The van der Waals surface area contributed by atoms with Crippen LogP contribution in [0.4, 0.5) is 24.5 Å². The normalized spacial score (nSPS) is 15.4. The van der Waals surface area contributed by atoms with Crippen molar-refractivity contribution in [2.75, 3.05) is 23.3 Å². The molecule has 1 aliphatic rings. The highest BCUT2D eigenvalue weighted by atomic mass is 19.4. The molecule has 0 aliphatic carbocycles. The van der Waals surface area contributed by atoms with E-state index in [1.54, 1.807) is 12.1 Å². The lowest BCUT2D eigenvalue weighted by Gasteiger charge is -2.22. The summed E-state index contributed by atoms with van der Waals surface area (Å²) in [6.45, 7) is 2.01. The summed E-state index contributed by atoms with van der Waals surface area (Å²) in [6.07, 6.45) is 0.233. The summed E-state index contributed by atoms with van der Waals surface area (Å²) in [5.41, 5.74) is 0.237. The number of amides is 1. The first-order valence-corrected chi connectivity index (χ1v) is 8.78. The van der Waals surface area contributed by atoms with E-state index in [1.165, 1.54) is 31.0 Å². The van der Waals surface area contributed by atoms with Crippen molar-refractivity contribution in [1.29, 1.82) is 0 Å². The summed E-state index contributed by atoms with van der Waals surface area (Å²) in [5, 5.41) is 2.56. The standard InChI is InChI=1S/C20H21F3N2O/c21-20(22,23)18-8-4-3-7-17(18)19(26)24-15-9-11-16(12-10-15)25-13-5-1-2-6-14-25/h3-4,7-12H,1-2,5-6,13-14H2,(H,24,26). The van der Waals surface area contributed by atoms with Crippen molar-refractivity contribution in [1.82, 2.24) is 0 Å². The third kappa shape index (κ3) is 4.36. The third-order valence-electron chi connectivity index (χ3n) is 4.57. The number of rotatable bonds is 3. The van der Waals surface area contributed by atoms with Gasteiger partial charge in [-0.25, -0.2) is 0 Å². The molecular weight excluding hydrogens is 341 g/mol. The monoisotopic (exact) mass is 362 g/mol. The summed E-state index contributed by atoms with van der Waals surface area (Å²) in [7, 11) is 0. The van der Waals surface area contributed by atoms with E-state index >= 15 is 0 Å². The molecule has 6 heteroatoms. The van der Waals surface area contributed by atoms with E-state index in [0.29, 0.717) is 5.69 Å². The van der Waals surface area contributed by atoms with Crippen LogP contribution in [0.5, 0.6) is 0 Å². The van der Waals surface area contributed by atoms with E-state index in [-0.39, 0.29) is 5.56 Å². The maximum absolute atomic E-state index is 13.1. The molecule has 0 saturated carbocycles. The molecule has 3 nitrogen and oxygen atoms in total. The van der Waals surface area contributed by atoms with Crippen LogP contribution < -0.4 is 10.2 Å². The molecular formula is C20H21F3N2O. The van der Waals surface area contributed by atoms with Crippen LogP contribution in [0.2, 0.25) is 0 Å². The lowest BCUT2D eigenvalue weighted by atomic mass is 10.1. The first-order valence-electron chi connectivity index (χ1n) is 8.78. The molecule has 3 rings (SSSR count). The Bertz CT molecular complexity index is 748. The molecule has 1 saturated heterocycles. The van der Waals surface area contributed by atoms with E-state index in [9.17, 15) is 18.0 Å². The Labute approximate surface area is 150 Å². The Hall–Kier alpha value is -2.50. The van der Waals surface area contributed by atoms with Crippen molar-refractivity contribution in [3.63, 3.8) is 0 Å². The first kappa shape index (κ1) is 18.3. The van der Waals surface area contributed by atoms with Crippen molar-refractivity contribution in [3.05, 3.63) is 59.7 Å². The van der Waals surface area contributed by atoms with Gasteiger partial charge in [0, 0.05) is 24.5 Å². The highest BCUT2D eigenvalue weighted by Crippen LogP contribution is 2.32. The Kier molecular flexibility index (Phi) is 5.49. The van der Waals surface area contributed by atoms with Gasteiger partial charge in [0.25, 0.3) is 5.91 Å². The van der Waals surface area contributed by atoms with Gasteiger partial charge in [0.05, 0.1) is 11.1 Å². The zero-order chi connectivity index (χ0) is 18.6. The lowest BCUT2D eigenvalue weighted by Crippen LogP contribution is -2.23. The fraction of sp³-hybridized carbons (Fsp3) is 0.350. The topological polar surface area (TPSA) is 32.3 Å². The van der Waals surface area contributed by atoms with Gasteiger partial charge in [-0.1, -0.05) is 25.0 Å². The minimum atomic E-state index is -4.56. The maximum Gasteiger partial charge on any atom is 0.417 e. The van der Waals surface area contributed by atoms with Crippen molar-refractivity contribution in [2.45, 2.75) is 31.9 Å². The van der Waals surface area contributed by atoms with Gasteiger partial charge in [-0.2, -0.15) is 13.2 Å². The minimum absolute atomic E-state index is 0.378. The zero-order valence-electron chi connectivity index (χ0n) is 14.4. The van der Waals surface area contributed by atoms with Crippen molar-refractivity contribution >= 4 is 17.3 Å². The Morgan fingerprint density at radius 3 is 2.12 bits per heavy atom. The Morgan fingerprint density at radius 2 is 1.50 bits per heavy atom. The van der Waals surface area contributed by atoms with E-state index < -0.39 is 17.6 Å². The number of benzene rings is 2. The predicted octanol–water partition coefficient (Wildman–Crippen LogP) is 5.34. The molecule has 1 fully saturated rings. The van der Waals surface area contributed by atoms with Gasteiger partial charge in [-0.15, -0.1) is 0 Å². The van der Waals surface area contributed by atoms with Crippen LogP contribution >= 0.6 is 0 Å². The van der Waals surface area contributed by atoms with E-state index in [4.69, 9.17) is 0 Å². The number of anilines is 2. The average Bonchev–Trinajstić information content (AvgIpc) is 2.91. The molecule has 0 bridgehead atoms. The third-order valence-corrected chi connectivity index (χ3v) is 4.57. The number of carbonyl (C=O) groups is 1. The molecule has 138 valence electrons. The van der Waals surface area contributed by atoms with Crippen LogP contribution in [0.15, 0.2) is 48.5 Å². The Balaban J connectivity index is 1.72. The number of nitrogens with one attached hydrogen (secondary N) is 1. The van der Waals surface area contributed by atoms with E-state index in [1.807, 2.05) is 12.1 Å². The molecule has 26 heavy (non-hydrogen) atoms. The van der Waals surface area contributed by atoms with Gasteiger partial charge in [0.15, 0.2) is 0 Å². The highest BCUT2D eigenvalue weighted by Gasteiger charge is 2.34. The molecule has 0 unspecified atom stereocenters. The average molecular weight is 362 g/mol. The number of hydrogen-bond donors (Lipinski definition) is 1. The number of carbonyl (C=O) groups excluding carboxylic acids is 1. The fourth-order valence-electron chi connectivity index (χ4n) is 3.21. The minimum Gasteiger partial charge on any atom is -0.372 e. The summed E-state index contributed by atoms with van der Waals surface area (Å²) in [5.74, 6) is -0.763. The smallest absolute Gasteiger partial charge is 0.372 e. The zero-order valence-corrected chi connectivity index (χ0v) is 14.4. The predicted molar refractivity (Wildman–Crippen MR) is 96.5 cm³/mol. The summed E-state index contributed by atoms with van der Waals surface area (Å²) < 4.78 is 39.2. The lowest BCUT2D eigenvalue weighted by molar-refractivity contribution is -0.137. The van der Waals surface area contributed by atoms with Gasteiger partial charge < -0.3 is 10.2 Å². The second-order valence-corrected chi connectivity index (χ2v) is 6.45. The molecule has 1 amide bonds. The largest absolute Gasteiger partial charge is 0.417 e. The number of hydrogen-bond acceptors (Lipinski definition) is 2. The van der Waals surface area contributed by atoms with Gasteiger partial charge in [-0.05, 0) is 49.2 Å². The molecule has 2 aromatic carbocycles. The van der Waals surface area contributed by atoms with Crippen LogP contribution in [0.3, 0.4) is 0 Å². The van der Waals surface area contributed by atoms with Gasteiger partial charge in [0.2, 0.25) is 0 Å². The second-order valence-electron chi connectivity index (χ2n) is 6.45. The SMILES string of the molecule is O=C(Nc1ccc(N2CCCCCC2)cc1)c1ccccc1C(F)(F)F. The molecule has 0 atom stereocenters. The molecule has 0 radical (unpaired) electrons.